The van der Waals surface area contributed by atoms with Crippen molar-refractivity contribution in [2.24, 2.45) is 5.92 Å². The van der Waals surface area contributed by atoms with Gasteiger partial charge in [-0.05, 0) is 37.0 Å². The van der Waals surface area contributed by atoms with E-state index in [-0.39, 0.29) is 18.0 Å². The summed E-state index contributed by atoms with van der Waals surface area (Å²) in [4.78, 5) is 25.8. The largest absolute Gasteiger partial charge is 0.343 e. The summed E-state index contributed by atoms with van der Waals surface area (Å²) in [5.41, 5.74) is 0.230. The van der Waals surface area contributed by atoms with Crippen LogP contribution in [0.5, 0.6) is 0 Å². The van der Waals surface area contributed by atoms with E-state index in [0.717, 1.165) is 38.4 Å². The van der Waals surface area contributed by atoms with Gasteiger partial charge in [-0.1, -0.05) is 19.4 Å². The Morgan fingerprint density at radius 2 is 2.24 bits per heavy atom. The predicted molar refractivity (Wildman–Crippen MR) is 78.3 cm³/mol. The first-order chi connectivity index (χ1) is 10.1. The first kappa shape index (κ1) is 15.5. The van der Waals surface area contributed by atoms with E-state index in [9.17, 15) is 14.0 Å². The Kier molecular flexibility index (Phi) is 5.31. The number of hydrogen-bond acceptors (Lipinski definition) is 2. The van der Waals surface area contributed by atoms with E-state index in [1.807, 2.05) is 4.90 Å². The predicted octanol–water partition coefficient (Wildman–Crippen LogP) is 2.20. The number of amides is 2. The van der Waals surface area contributed by atoms with Crippen molar-refractivity contribution < 1.29 is 14.0 Å². The monoisotopic (exact) mass is 292 g/mol. The highest BCUT2D eigenvalue weighted by Crippen LogP contribution is 2.18. The molecule has 0 aromatic heterocycles. The second-order valence-corrected chi connectivity index (χ2v) is 5.45. The molecule has 0 spiro atoms. The fourth-order valence-corrected chi connectivity index (χ4v) is 2.62. The SMILES string of the molecule is CCC1CCCN(C(=O)CNC(=O)c2cccc(F)c2)C1. The number of halogens is 1. The van der Waals surface area contributed by atoms with Gasteiger partial charge in [-0.3, -0.25) is 9.59 Å². The third kappa shape index (κ3) is 4.28. The second kappa shape index (κ2) is 7.20. The zero-order chi connectivity index (χ0) is 15.2. The summed E-state index contributed by atoms with van der Waals surface area (Å²) in [6.07, 6.45) is 3.25. The molecule has 1 aromatic carbocycles. The van der Waals surface area contributed by atoms with Gasteiger partial charge < -0.3 is 10.2 Å². The zero-order valence-electron chi connectivity index (χ0n) is 12.3. The Morgan fingerprint density at radius 3 is 2.95 bits per heavy atom. The molecule has 1 aromatic rings. The molecule has 0 aliphatic carbocycles. The summed E-state index contributed by atoms with van der Waals surface area (Å²) in [6.45, 7) is 3.62. The van der Waals surface area contributed by atoms with Crippen LogP contribution in [-0.2, 0) is 4.79 Å². The molecule has 4 nitrogen and oxygen atoms in total. The van der Waals surface area contributed by atoms with E-state index >= 15 is 0 Å². The number of hydrogen-bond donors (Lipinski definition) is 1. The second-order valence-electron chi connectivity index (χ2n) is 5.45. The summed E-state index contributed by atoms with van der Waals surface area (Å²) < 4.78 is 13.0. The maximum Gasteiger partial charge on any atom is 0.251 e. The Bertz CT molecular complexity index is 519. The van der Waals surface area contributed by atoms with Gasteiger partial charge in [0.15, 0.2) is 0 Å². The molecule has 1 heterocycles. The summed E-state index contributed by atoms with van der Waals surface area (Å²) >= 11 is 0. The highest BCUT2D eigenvalue weighted by Gasteiger charge is 2.22. The highest BCUT2D eigenvalue weighted by atomic mass is 19.1. The lowest BCUT2D eigenvalue weighted by atomic mass is 9.96. The van der Waals surface area contributed by atoms with Crippen LogP contribution < -0.4 is 5.32 Å². The molecule has 1 aliphatic heterocycles. The van der Waals surface area contributed by atoms with Gasteiger partial charge in [0.2, 0.25) is 5.91 Å². The van der Waals surface area contributed by atoms with Crippen molar-refractivity contribution in [2.45, 2.75) is 26.2 Å². The molecule has 2 rings (SSSR count). The van der Waals surface area contributed by atoms with E-state index in [2.05, 4.69) is 12.2 Å². The third-order valence-electron chi connectivity index (χ3n) is 3.94. The van der Waals surface area contributed by atoms with Gasteiger partial charge in [-0.2, -0.15) is 0 Å². The van der Waals surface area contributed by atoms with Gasteiger partial charge >= 0.3 is 0 Å². The topological polar surface area (TPSA) is 49.4 Å². The molecule has 2 amide bonds. The summed E-state index contributed by atoms with van der Waals surface area (Å²) in [6, 6.07) is 5.44. The van der Waals surface area contributed by atoms with E-state index in [1.165, 1.54) is 18.2 Å². The summed E-state index contributed by atoms with van der Waals surface area (Å²) in [5, 5.41) is 2.56. The molecule has 21 heavy (non-hydrogen) atoms. The number of nitrogens with one attached hydrogen (secondary N) is 1. The van der Waals surface area contributed by atoms with Crippen molar-refractivity contribution in [3.8, 4) is 0 Å². The fourth-order valence-electron chi connectivity index (χ4n) is 2.62. The van der Waals surface area contributed by atoms with Gasteiger partial charge in [0.1, 0.15) is 5.82 Å². The van der Waals surface area contributed by atoms with Gasteiger partial charge in [0.05, 0.1) is 6.54 Å². The molecule has 0 bridgehead atoms. The number of carbonyl (C=O) groups is 2. The molecule has 1 aliphatic rings. The molecular formula is C16H21FN2O2. The van der Waals surface area contributed by atoms with E-state index < -0.39 is 11.7 Å². The Labute approximate surface area is 124 Å². The molecule has 114 valence electrons. The maximum atomic E-state index is 13.0. The minimum absolute atomic E-state index is 0.0359. The third-order valence-corrected chi connectivity index (χ3v) is 3.94. The Morgan fingerprint density at radius 1 is 1.43 bits per heavy atom. The molecule has 1 unspecified atom stereocenters. The van der Waals surface area contributed by atoms with Crippen LogP contribution in [0.4, 0.5) is 4.39 Å². The molecule has 1 fully saturated rings. The van der Waals surface area contributed by atoms with Crippen LogP contribution in [0.1, 0.15) is 36.5 Å². The summed E-state index contributed by atoms with van der Waals surface area (Å²) in [7, 11) is 0. The van der Waals surface area contributed by atoms with Crippen molar-refractivity contribution in [1.29, 1.82) is 0 Å². The maximum absolute atomic E-state index is 13.0. The first-order valence-corrected chi connectivity index (χ1v) is 7.41. The number of benzene rings is 1. The highest BCUT2D eigenvalue weighted by molar-refractivity contribution is 5.96. The minimum atomic E-state index is -0.462. The van der Waals surface area contributed by atoms with Gasteiger partial charge in [-0.15, -0.1) is 0 Å². The molecule has 1 atom stereocenters. The number of likely N-dealkylation sites (tertiary alicyclic amines) is 1. The molecular weight excluding hydrogens is 271 g/mol. The van der Waals surface area contributed by atoms with Crippen LogP contribution in [0.3, 0.4) is 0 Å². The van der Waals surface area contributed by atoms with Gasteiger partial charge in [-0.25, -0.2) is 4.39 Å². The average molecular weight is 292 g/mol. The van der Waals surface area contributed by atoms with Crippen molar-refractivity contribution in [2.75, 3.05) is 19.6 Å². The molecule has 1 N–H and O–H groups in total. The van der Waals surface area contributed by atoms with Crippen molar-refractivity contribution in [1.82, 2.24) is 10.2 Å². The quantitative estimate of drug-likeness (QED) is 0.925. The normalized spacial score (nSPS) is 18.4. The van der Waals surface area contributed by atoms with Crippen LogP contribution >= 0.6 is 0 Å². The lowest BCUT2D eigenvalue weighted by Crippen LogP contribution is -2.45. The smallest absolute Gasteiger partial charge is 0.251 e. The molecule has 0 radical (unpaired) electrons. The number of piperidine rings is 1. The number of nitrogens with zero attached hydrogens (tertiary/aromatic N) is 1. The van der Waals surface area contributed by atoms with Crippen molar-refractivity contribution in [3.63, 3.8) is 0 Å². The molecule has 5 heteroatoms. The molecule has 1 saturated heterocycles. The summed E-state index contributed by atoms with van der Waals surface area (Å²) in [5.74, 6) is -0.401. The fraction of sp³-hybridized carbons (Fsp3) is 0.500. The van der Waals surface area contributed by atoms with Crippen LogP contribution in [0.25, 0.3) is 0 Å². The van der Waals surface area contributed by atoms with Crippen LogP contribution in [-0.4, -0.2) is 36.3 Å². The average Bonchev–Trinajstić information content (AvgIpc) is 2.52. The van der Waals surface area contributed by atoms with Gasteiger partial charge in [0, 0.05) is 18.7 Å². The van der Waals surface area contributed by atoms with Crippen molar-refractivity contribution >= 4 is 11.8 Å². The Hall–Kier alpha value is -1.91. The minimum Gasteiger partial charge on any atom is -0.343 e. The number of rotatable bonds is 4. The van der Waals surface area contributed by atoms with Crippen molar-refractivity contribution in [3.05, 3.63) is 35.6 Å². The standard InChI is InChI=1S/C16H21FN2O2/c1-2-12-5-4-8-19(11-12)15(20)10-18-16(21)13-6-3-7-14(17)9-13/h3,6-7,9,12H,2,4-5,8,10-11H2,1H3,(H,18,21). The van der Waals surface area contributed by atoms with Crippen LogP contribution in [0.15, 0.2) is 24.3 Å². The van der Waals surface area contributed by atoms with Crippen LogP contribution in [0, 0.1) is 11.7 Å². The number of carbonyl (C=O) groups excluding carboxylic acids is 2. The Balaban J connectivity index is 1.84. The van der Waals surface area contributed by atoms with E-state index in [4.69, 9.17) is 0 Å². The lowest BCUT2D eigenvalue weighted by molar-refractivity contribution is -0.131. The van der Waals surface area contributed by atoms with E-state index in [1.54, 1.807) is 0 Å². The van der Waals surface area contributed by atoms with E-state index in [0.29, 0.717) is 5.92 Å². The zero-order valence-corrected chi connectivity index (χ0v) is 12.3. The molecule has 0 saturated carbocycles. The first-order valence-electron chi connectivity index (χ1n) is 7.41. The van der Waals surface area contributed by atoms with Crippen LogP contribution in [0.2, 0.25) is 0 Å². The lowest BCUT2D eigenvalue weighted by Gasteiger charge is -2.32. The van der Waals surface area contributed by atoms with Gasteiger partial charge in [0.25, 0.3) is 5.91 Å².